The van der Waals surface area contributed by atoms with Crippen molar-refractivity contribution >= 4 is 8.32 Å². The van der Waals surface area contributed by atoms with E-state index in [9.17, 15) is 5.11 Å². The zero-order valence-corrected chi connectivity index (χ0v) is 13.6. The third kappa shape index (κ3) is 3.23. The highest BCUT2D eigenvalue weighted by molar-refractivity contribution is 6.74. The molecule has 0 aromatic carbocycles. The van der Waals surface area contributed by atoms with Gasteiger partial charge in [0.15, 0.2) is 8.32 Å². The molecule has 0 bridgehead atoms. The Morgan fingerprint density at radius 1 is 1.39 bits per heavy atom. The minimum absolute atomic E-state index is 0.0564. The molecule has 4 atom stereocenters. The molecular formula is C14H28O3Si. The molecule has 1 fully saturated rings. The van der Waals surface area contributed by atoms with Crippen molar-refractivity contribution in [2.45, 2.75) is 76.7 Å². The Labute approximate surface area is 112 Å². The fraction of sp³-hybridized carbons (Fsp3) is 0.857. The summed E-state index contributed by atoms with van der Waals surface area (Å²) in [6.07, 6.45) is 1.47. The molecule has 0 amide bonds. The van der Waals surface area contributed by atoms with Crippen LogP contribution in [-0.2, 0) is 9.16 Å². The van der Waals surface area contributed by atoms with Crippen LogP contribution >= 0.6 is 0 Å². The number of hydrogen-bond donors (Lipinski definition) is 1. The molecule has 0 saturated carbocycles. The Morgan fingerprint density at radius 2 is 1.94 bits per heavy atom. The maximum atomic E-state index is 10.3. The number of aliphatic hydroxyl groups is 1. The van der Waals surface area contributed by atoms with Gasteiger partial charge in [-0.1, -0.05) is 26.8 Å². The summed E-state index contributed by atoms with van der Waals surface area (Å²) in [5.41, 5.74) is 0. The molecule has 1 heterocycles. The van der Waals surface area contributed by atoms with Crippen LogP contribution < -0.4 is 0 Å². The molecule has 18 heavy (non-hydrogen) atoms. The molecular weight excluding hydrogens is 244 g/mol. The maximum absolute atomic E-state index is 10.3. The molecule has 4 heteroatoms. The SMILES string of the molecule is C=CC[C@@H]1O[C@@H](C)[C@H](O[Si](C)(C)C(C)(C)C)[C@H]1O. The lowest BCUT2D eigenvalue weighted by Gasteiger charge is -2.39. The summed E-state index contributed by atoms with van der Waals surface area (Å²) in [4.78, 5) is 0. The first-order chi connectivity index (χ1) is 8.10. The van der Waals surface area contributed by atoms with Crippen LogP contribution in [-0.4, -0.2) is 37.8 Å². The van der Waals surface area contributed by atoms with Crippen molar-refractivity contribution in [1.82, 2.24) is 0 Å². The van der Waals surface area contributed by atoms with Crippen molar-refractivity contribution in [3.8, 4) is 0 Å². The van der Waals surface area contributed by atoms with Crippen LogP contribution in [0.3, 0.4) is 0 Å². The van der Waals surface area contributed by atoms with Gasteiger partial charge in [-0.25, -0.2) is 0 Å². The zero-order chi connectivity index (χ0) is 14.1. The summed E-state index contributed by atoms with van der Waals surface area (Å²) in [7, 11) is -1.87. The van der Waals surface area contributed by atoms with E-state index >= 15 is 0 Å². The fourth-order valence-electron chi connectivity index (χ4n) is 1.96. The Bertz CT molecular complexity index is 296. The summed E-state index contributed by atoms with van der Waals surface area (Å²) < 4.78 is 12.1. The van der Waals surface area contributed by atoms with Crippen LogP contribution in [0.25, 0.3) is 0 Å². The molecule has 1 N–H and O–H groups in total. The molecule has 3 nitrogen and oxygen atoms in total. The van der Waals surface area contributed by atoms with Crippen molar-refractivity contribution in [1.29, 1.82) is 0 Å². The molecule has 0 aromatic heterocycles. The highest BCUT2D eigenvalue weighted by Crippen LogP contribution is 2.39. The van der Waals surface area contributed by atoms with E-state index in [1.165, 1.54) is 0 Å². The summed E-state index contributed by atoms with van der Waals surface area (Å²) in [6, 6.07) is 0. The van der Waals surface area contributed by atoms with Gasteiger partial charge in [-0.05, 0) is 31.5 Å². The van der Waals surface area contributed by atoms with Crippen LogP contribution in [0.4, 0.5) is 0 Å². The standard InChI is InChI=1S/C14H28O3Si/c1-8-9-11-12(15)13(10(2)16-11)17-18(6,7)14(3,4)5/h8,10-13,15H,1,9H2,2-7H3/t10-,11-,12-,13-/m0/s1. The van der Waals surface area contributed by atoms with Crippen LogP contribution in [0.15, 0.2) is 12.7 Å². The van der Waals surface area contributed by atoms with Gasteiger partial charge >= 0.3 is 0 Å². The number of ether oxygens (including phenoxy) is 1. The second-order valence-electron chi connectivity index (χ2n) is 6.74. The Morgan fingerprint density at radius 3 is 2.39 bits per heavy atom. The number of aliphatic hydroxyl groups excluding tert-OH is 1. The van der Waals surface area contributed by atoms with E-state index in [0.717, 1.165) is 0 Å². The van der Waals surface area contributed by atoms with Gasteiger partial charge in [0.1, 0.15) is 6.10 Å². The maximum Gasteiger partial charge on any atom is 0.192 e. The van der Waals surface area contributed by atoms with Crippen LogP contribution in [0.1, 0.15) is 34.1 Å². The first-order valence-electron chi connectivity index (χ1n) is 6.72. The Hall–Kier alpha value is -0.163. The normalized spacial score (nSPS) is 33.7. The fourth-order valence-corrected chi connectivity index (χ4v) is 3.33. The second-order valence-corrected chi connectivity index (χ2v) is 11.5. The molecule has 0 aliphatic carbocycles. The van der Waals surface area contributed by atoms with Crippen molar-refractivity contribution < 1.29 is 14.3 Å². The monoisotopic (exact) mass is 272 g/mol. The lowest BCUT2D eigenvalue weighted by molar-refractivity contribution is 0.0186. The summed E-state index contributed by atoms with van der Waals surface area (Å²) >= 11 is 0. The predicted octanol–water partition coefficient (Wildman–Crippen LogP) is 3.10. The van der Waals surface area contributed by atoms with E-state index < -0.39 is 14.4 Å². The van der Waals surface area contributed by atoms with E-state index in [2.05, 4.69) is 40.4 Å². The van der Waals surface area contributed by atoms with Gasteiger partial charge < -0.3 is 14.3 Å². The molecule has 1 rings (SSSR count). The van der Waals surface area contributed by atoms with Gasteiger partial charge in [-0.3, -0.25) is 0 Å². The summed E-state index contributed by atoms with van der Waals surface area (Å²) in [6.45, 7) is 16.7. The van der Waals surface area contributed by atoms with Crippen molar-refractivity contribution in [2.75, 3.05) is 0 Å². The van der Waals surface area contributed by atoms with Gasteiger partial charge in [0.2, 0.25) is 0 Å². The molecule has 0 radical (unpaired) electrons. The average molecular weight is 272 g/mol. The van der Waals surface area contributed by atoms with Crippen LogP contribution in [0.2, 0.25) is 18.1 Å². The molecule has 0 aromatic rings. The highest BCUT2D eigenvalue weighted by Gasteiger charge is 2.47. The third-order valence-electron chi connectivity index (χ3n) is 4.21. The van der Waals surface area contributed by atoms with Crippen molar-refractivity contribution in [3.05, 3.63) is 12.7 Å². The van der Waals surface area contributed by atoms with Gasteiger partial charge in [0, 0.05) is 0 Å². The quantitative estimate of drug-likeness (QED) is 0.631. The topological polar surface area (TPSA) is 38.7 Å². The van der Waals surface area contributed by atoms with E-state index in [1.807, 2.05) is 6.92 Å². The Balaban J connectivity index is 2.76. The average Bonchev–Trinajstić information content (AvgIpc) is 2.45. The molecule has 1 saturated heterocycles. The lowest BCUT2D eigenvalue weighted by Crippen LogP contribution is -2.48. The van der Waals surface area contributed by atoms with Gasteiger partial charge in [-0.2, -0.15) is 0 Å². The van der Waals surface area contributed by atoms with E-state index in [4.69, 9.17) is 9.16 Å². The lowest BCUT2D eigenvalue weighted by atomic mass is 10.1. The zero-order valence-electron chi connectivity index (χ0n) is 12.6. The first kappa shape index (κ1) is 15.9. The van der Waals surface area contributed by atoms with E-state index in [1.54, 1.807) is 6.08 Å². The largest absolute Gasteiger partial charge is 0.409 e. The predicted molar refractivity (Wildman–Crippen MR) is 77.2 cm³/mol. The summed E-state index contributed by atoms with van der Waals surface area (Å²) in [5.74, 6) is 0. The summed E-state index contributed by atoms with van der Waals surface area (Å²) in [5, 5.41) is 10.4. The van der Waals surface area contributed by atoms with E-state index in [-0.39, 0.29) is 23.4 Å². The van der Waals surface area contributed by atoms with Gasteiger partial charge in [-0.15, -0.1) is 6.58 Å². The number of hydrogen-bond acceptors (Lipinski definition) is 3. The van der Waals surface area contributed by atoms with Crippen molar-refractivity contribution in [3.63, 3.8) is 0 Å². The Kier molecular flexibility index (Phi) is 4.81. The van der Waals surface area contributed by atoms with Crippen LogP contribution in [0.5, 0.6) is 0 Å². The van der Waals surface area contributed by atoms with Gasteiger partial charge in [0.25, 0.3) is 0 Å². The van der Waals surface area contributed by atoms with Gasteiger partial charge in [0.05, 0.1) is 18.3 Å². The molecule has 106 valence electrons. The molecule has 1 aliphatic heterocycles. The minimum Gasteiger partial charge on any atom is -0.409 e. The molecule has 0 spiro atoms. The second kappa shape index (κ2) is 5.45. The van der Waals surface area contributed by atoms with Crippen LogP contribution in [0, 0.1) is 0 Å². The first-order valence-corrected chi connectivity index (χ1v) is 9.63. The van der Waals surface area contributed by atoms with Crippen molar-refractivity contribution in [2.24, 2.45) is 0 Å². The smallest absolute Gasteiger partial charge is 0.192 e. The highest BCUT2D eigenvalue weighted by atomic mass is 28.4. The molecule has 0 unspecified atom stereocenters. The number of rotatable bonds is 4. The minimum atomic E-state index is -1.87. The third-order valence-corrected chi connectivity index (χ3v) is 8.68. The molecule has 1 aliphatic rings. The van der Waals surface area contributed by atoms with E-state index in [0.29, 0.717) is 6.42 Å².